The van der Waals surface area contributed by atoms with Crippen LogP contribution in [0.25, 0.3) is 5.69 Å². The summed E-state index contributed by atoms with van der Waals surface area (Å²) < 4.78 is 12.0. The highest BCUT2D eigenvalue weighted by atomic mass is 16.5. The number of amides is 1. The van der Waals surface area contributed by atoms with Crippen LogP contribution < -0.4 is 4.74 Å². The SMILES string of the molecule is COc1cn(-c2ccccc2)nc1C(=O)OCC(=O)N(CC(C)C)CC(C)C. The molecule has 0 unspecified atom stereocenters. The van der Waals surface area contributed by atoms with Gasteiger partial charge in [-0.05, 0) is 24.0 Å². The number of hydrogen-bond acceptors (Lipinski definition) is 5. The van der Waals surface area contributed by atoms with E-state index in [1.807, 2.05) is 58.0 Å². The summed E-state index contributed by atoms with van der Waals surface area (Å²) in [4.78, 5) is 26.8. The largest absolute Gasteiger partial charge is 0.493 e. The van der Waals surface area contributed by atoms with E-state index in [1.54, 1.807) is 15.8 Å². The van der Waals surface area contributed by atoms with Gasteiger partial charge in [0.15, 0.2) is 12.4 Å². The Kier molecular flexibility index (Phi) is 7.61. The first kappa shape index (κ1) is 21.5. The van der Waals surface area contributed by atoms with Gasteiger partial charge in [-0.3, -0.25) is 4.79 Å². The molecular formula is C21H29N3O4. The Morgan fingerprint density at radius 3 is 2.21 bits per heavy atom. The summed E-state index contributed by atoms with van der Waals surface area (Å²) in [6, 6.07) is 9.36. The number of hydrogen-bond donors (Lipinski definition) is 0. The second-order valence-corrected chi connectivity index (χ2v) is 7.49. The van der Waals surface area contributed by atoms with E-state index < -0.39 is 5.97 Å². The third kappa shape index (κ3) is 5.84. The summed E-state index contributed by atoms with van der Waals surface area (Å²) in [5, 5.41) is 4.26. The molecule has 2 aromatic rings. The molecule has 1 aromatic heterocycles. The molecule has 152 valence electrons. The molecule has 1 amide bonds. The van der Waals surface area contributed by atoms with E-state index >= 15 is 0 Å². The number of ether oxygens (including phenoxy) is 2. The maximum absolute atomic E-state index is 12.5. The second kappa shape index (κ2) is 9.92. The fourth-order valence-corrected chi connectivity index (χ4v) is 2.81. The van der Waals surface area contributed by atoms with Crippen LogP contribution in [0.5, 0.6) is 5.75 Å². The average molecular weight is 387 g/mol. The summed E-state index contributed by atoms with van der Waals surface area (Å²) in [6.45, 7) is 9.13. The number of nitrogens with zero attached hydrogens (tertiary/aromatic N) is 3. The molecule has 0 aliphatic heterocycles. The Labute approximate surface area is 166 Å². The number of carbonyl (C=O) groups is 2. The Bertz CT molecular complexity index is 774. The molecule has 1 aromatic carbocycles. The first-order valence-corrected chi connectivity index (χ1v) is 9.45. The van der Waals surface area contributed by atoms with E-state index in [1.165, 1.54) is 7.11 Å². The van der Waals surface area contributed by atoms with Crippen LogP contribution in [-0.2, 0) is 9.53 Å². The van der Waals surface area contributed by atoms with Crippen LogP contribution in [0.2, 0.25) is 0 Å². The Hall–Kier alpha value is -2.83. The van der Waals surface area contributed by atoms with Crippen LogP contribution in [-0.4, -0.2) is 53.4 Å². The van der Waals surface area contributed by atoms with Crippen LogP contribution in [0.3, 0.4) is 0 Å². The van der Waals surface area contributed by atoms with Gasteiger partial charge in [0, 0.05) is 13.1 Å². The van der Waals surface area contributed by atoms with Gasteiger partial charge in [0.2, 0.25) is 5.69 Å². The molecule has 0 fully saturated rings. The highest BCUT2D eigenvalue weighted by Crippen LogP contribution is 2.20. The van der Waals surface area contributed by atoms with E-state index in [0.717, 1.165) is 5.69 Å². The normalized spacial score (nSPS) is 11.0. The molecule has 28 heavy (non-hydrogen) atoms. The lowest BCUT2D eigenvalue weighted by atomic mass is 10.1. The summed E-state index contributed by atoms with van der Waals surface area (Å²) in [5.41, 5.74) is 0.828. The van der Waals surface area contributed by atoms with E-state index in [2.05, 4.69) is 5.10 Å². The van der Waals surface area contributed by atoms with Gasteiger partial charge in [0.05, 0.1) is 19.0 Å². The lowest BCUT2D eigenvalue weighted by Crippen LogP contribution is -2.39. The molecule has 0 bridgehead atoms. The fourth-order valence-electron chi connectivity index (χ4n) is 2.81. The lowest BCUT2D eigenvalue weighted by Gasteiger charge is -2.26. The van der Waals surface area contributed by atoms with Crippen molar-refractivity contribution in [3.05, 3.63) is 42.2 Å². The van der Waals surface area contributed by atoms with Crippen LogP contribution in [0, 0.1) is 11.8 Å². The number of aromatic nitrogens is 2. The minimum Gasteiger partial charge on any atom is -0.493 e. The molecule has 0 atom stereocenters. The number of carbonyl (C=O) groups excluding carboxylic acids is 2. The van der Waals surface area contributed by atoms with Gasteiger partial charge in [0.25, 0.3) is 5.91 Å². The quantitative estimate of drug-likeness (QED) is 0.618. The zero-order chi connectivity index (χ0) is 20.7. The number of rotatable bonds is 9. The van der Waals surface area contributed by atoms with Crippen molar-refractivity contribution in [2.45, 2.75) is 27.7 Å². The Morgan fingerprint density at radius 2 is 1.68 bits per heavy atom. The zero-order valence-corrected chi connectivity index (χ0v) is 17.2. The minimum absolute atomic E-state index is 0.0402. The smallest absolute Gasteiger partial charge is 0.363 e. The number of methoxy groups -OCH3 is 1. The van der Waals surface area contributed by atoms with Gasteiger partial charge in [-0.15, -0.1) is 0 Å². The van der Waals surface area contributed by atoms with Gasteiger partial charge >= 0.3 is 5.97 Å². The summed E-state index contributed by atoms with van der Waals surface area (Å²) >= 11 is 0. The van der Waals surface area contributed by atoms with E-state index in [0.29, 0.717) is 30.7 Å². The van der Waals surface area contributed by atoms with Crippen molar-refractivity contribution in [3.8, 4) is 11.4 Å². The van der Waals surface area contributed by atoms with Crippen molar-refractivity contribution < 1.29 is 19.1 Å². The molecule has 7 nitrogen and oxygen atoms in total. The first-order valence-electron chi connectivity index (χ1n) is 9.45. The molecule has 0 saturated heterocycles. The topological polar surface area (TPSA) is 73.7 Å². The summed E-state index contributed by atoms with van der Waals surface area (Å²) in [6.07, 6.45) is 1.61. The summed E-state index contributed by atoms with van der Waals surface area (Å²) in [5.74, 6) is 0.0637. The average Bonchev–Trinajstić information content (AvgIpc) is 3.10. The monoisotopic (exact) mass is 387 g/mol. The molecule has 7 heteroatoms. The van der Waals surface area contributed by atoms with Crippen molar-refractivity contribution in [1.29, 1.82) is 0 Å². The molecule has 0 aliphatic rings. The minimum atomic E-state index is -0.686. The molecule has 0 spiro atoms. The van der Waals surface area contributed by atoms with Crippen molar-refractivity contribution in [2.24, 2.45) is 11.8 Å². The van der Waals surface area contributed by atoms with Gasteiger partial charge < -0.3 is 14.4 Å². The number of para-hydroxylation sites is 1. The van der Waals surface area contributed by atoms with Crippen LogP contribution in [0.1, 0.15) is 38.2 Å². The number of benzene rings is 1. The maximum atomic E-state index is 12.5. The molecule has 2 rings (SSSR count). The molecule has 0 N–H and O–H groups in total. The number of esters is 1. The van der Waals surface area contributed by atoms with E-state index in [4.69, 9.17) is 9.47 Å². The third-order valence-corrected chi connectivity index (χ3v) is 3.97. The Morgan fingerprint density at radius 1 is 1.07 bits per heavy atom. The van der Waals surface area contributed by atoms with Gasteiger partial charge in [-0.2, -0.15) is 5.10 Å². The molecular weight excluding hydrogens is 358 g/mol. The van der Waals surface area contributed by atoms with Crippen LogP contribution >= 0.6 is 0 Å². The lowest BCUT2D eigenvalue weighted by molar-refractivity contribution is -0.135. The van der Waals surface area contributed by atoms with Gasteiger partial charge in [-0.1, -0.05) is 45.9 Å². The van der Waals surface area contributed by atoms with E-state index in [-0.39, 0.29) is 18.2 Å². The predicted molar refractivity (Wildman–Crippen MR) is 107 cm³/mol. The third-order valence-electron chi connectivity index (χ3n) is 3.97. The molecule has 1 heterocycles. The summed E-state index contributed by atoms with van der Waals surface area (Å²) in [7, 11) is 1.46. The standard InChI is InChI=1S/C21H29N3O4/c1-15(2)11-23(12-16(3)4)19(25)14-28-21(26)20-18(27-5)13-24(22-20)17-9-7-6-8-10-17/h6-10,13,15-16H,11-12,14H2,1-5H3. The van der Waals surface area contributed by atoms with Crippen molar-refractivity contribution >= 4 is 11.9 Å². The predicted octanol–water partition coefficient (Wildman–Crippen LogP) is 3.18. The van der Waals surface area contributed by atoms with E-state index in [9.17, 15) is 9.59 Å². The zero-order valence-electron chi connectivity index (χ0n) is 17.2. The maximum Gasteiger partial charge on any atom is 0.363 e. The molecule has 0 saturated carbocycles. The van der Waals surface area contributed by atoms with Gasteiger partial charge in [-0.25, -0.2) is 9.48 Å². The van der Waals surface area contributed by atoms with Crippen LogP contribution in [0.4, 0.5) is 0 Å². The van der Waals surface area contributed by atoms with Gasteiger partial charge in [0.1, 0.15) is 0 Å². The fraction of sp³-hybridized carbons (Fsp3) is 0.476. The van der Waals surface area contributed by atoms with Crippen LogP contribution in [0.15, 0.2) is 36.5 Å². The highest BCUT2D eigenvalue weighted by molar-refractivity contribution is 5.92. The molecule has 0 aliphatic carbocycles. The first-order chi connectivity index (χ1) is 13.3. The van der Waals surface area contributed by atoms with Crippen molar-refractivity contribution in [1.82, 2.24) is 14.7 Å². The highest BCUT2D eigenvalue weighted by Gasteiger charge is 2.23. The van der Waals surface area contributed by atoms with Crippen molar-refractivity contribution in [2.75, 3.05) is 26.8 Å². The second-order valence-electron chi connectivity index (χ2n) is 7.49. The Balaban J connectivity index is 2.07. The molecule has 0 radical (unpaired) electrons. The van der Waals surface area contributed by atoms with Crippen molar-refractivity contribution in [3.63, 3.8) is 0 Å².